The molecule has 158 valence electrons. The first kappa shape index (κ1) is 25.4. The molecule has 0 aliphatic heterocycles. The van der Waals surface area contributed by atoms with E-state index >= 15 is 0 Å². The molecule has 8 heteroatoms. The Bertz CT molecular complexity index is 592. The van der Waals surface area contributed by atoms with Crippen LogP contribution < -0.4 is 0 Å². The number of unbranched alkanes of at least 4 members (excludes halogenated alkanes) is 4. The summed E-state index contributed by atoms with van der Waals surface area (Å²) in [6.45, 7) is 4.07. The summed E-state index contributed by atoms with van der Waals surface area (Å²) in [4.78, 5) is 25.1. The summed E-state index contributed by atoms with van der Waals surface area (Å²) in [6.07, 6.45) is 5.75. The number of benzene rings is 1. The highest BCUT2D eigenvalue weighted by Gasteiger charge is 2.33. The van der Waals surface area contributed by atoms with Crippen LogP contribution in [-0.2, 0) is 9.47 Å². The van der Waals surface area contributed by atoms with Crippen LogP contribution in [0.2, 0.25) is 0 Å². The van der Waals surface area contributed by atoms with Crippen molar-refractivity contribution in [3.8, 4) is 0 Å². The van der Waals surface area contributed by atoms with Gasteiger partial charge in [0.2, 0.25) is 0 Å². The molecule has 28 heavy (non-hydrogen) atoms. The van der Waals surface area contributed by atoms with Crippen LogP contribution in [0.3, 0.4) is 0 Å². The van der Waals surface area contributed by atoms with E-state index in [2.05, 4.69) is 0 Å². The van der Waals surface area contributed by atoms with E-state index in [1.165, 1.54) is 12.1 Å². The van der Waals surface area contributed by atoms with E-state index in [1.54, 1.807) is 12.1 Å². The molecule has 0 heterocycles. The second-order valence-corrected chi connectivity index (χ2v) is 9.34. The van der Waals surface area contributed by atoms with E-state index in [1.807, 2.05) is 13.8 Å². The average Bonchev–Trinajstić information content (AvgIpc) is 2.61. The number of carbonyl (C=O) groups is 2. The molecular weight excluding hydrogens is 446 g/mol. The summed E-state index contributed by atoms with van der Waals surface area (Å²) in [5.74, 6) is -1.65. The largest absolute Gasteiger partial charge is 0.425 e. The van der Waals surface area contributed by atoms with Gasteiger partial charge in [0.1, 0.15) is 0 Å². The molecule has 0 spiro atoms. The molecule has 0 unspecified atom stereocenters. The predicted molar refractivity (Wildman–Crippen MR) is 114 cm³/mol. The van der Waals surface area contributed by atoms with Crippen molar-refractivity contribution in [1.29, 1.82) is 0 Å². The highest BCUT2D eigenvalue weighted by Crippen LogP contribution is 2.33. The fraction of sp³-hybridized carbons (Fsp3) is 0.600. The SMILES string of the molecule is CCCCCC(Cl)(Cl)OC(=O)c1ccccc1C(=O)OC(Cl)(Cl)CCCCC. The summed E-state index contributed by atoms with van der Waals surface area (Å²) in [7, 11) is 0. The zero-order chi connectivity index (χ0) is 21.2. The summed E-state index contributed by atoms with van der Waals surface area (Å²) >= 11 is 24.4. The molecule has 0 aliphatic carbocycles. The van der Waals surface area contributed by atoms with Crippen molar-refractivity contribution in [2.24, 2.45) is 0 Å². The number of ether oxygens (including phenoxy) is 2. The molecule has 0 saturated carbocycles. The van der Waals surface area contributed by atoms with Crippen LogP contribution >= 0.6 is 46.4 Å². The van der Waals surface area contributed by atoms with Gasteiger partial charge in [0.25, 0.3) is 9.04 Å². The minimum Gasteiger partial charge on any atom is -0.425 e. The number of hydrogen-bond acceptors (Lipinski definition) is 4. The number of esters is 2. The molecule has 0 fully saturated rings. The van der Waals surface area contributed by atoms with Crippen LogP contribution in [0, 0.1) is 0 Å². The number of rotatable bonds is 12. The van der Waals surface area contributed by atoms with Crippen LogP contribution in [0.5, 0.6) is 0 Å². The van der Waals surface area contributed by atoms with Crippen LogP contribution in [0.15, 0.2) is 24.3 Å². The third kappa shape index (κ3) is 9.21. The zero-order valence-corrected chi connectivity index (χ0v) is 19.1. The lowest BCUT2D eigenvalue weighted by Crippen LogP contribution is -2.26. The van der Waals surface area contributed by atoms with Crippen molar-refractivity contribution in [1.82, 2.24) is 0 Å². The molecule has 0 N–H and O–H groups in total. The van der Waals surface area contributed by atoms with Crippen LogP contribution in [0.25, 0.3) is 0 Å². The normalized spacial score (nSPS) is 11.9. The minimum atomic E-state index is -1.67. The van der Waals surface area contributed by atoms with E-state index < -0.39 is 21.0 Å². The number of halogens is 4. The van der Waals surface area contributed by atoms with Gasteiger partial charge in [-0.2, -0.15) is 0 Å². The van der Waals surface area contributed by atoms with Crippen molar-refractivity contribution in [2.75, 3.05) is 0 Å². The maximum Gasteiger partial charge on any atom is 0.341 e. The third-order valence-electron chi connectivity index (χ3n) is 3.99. The van der Waals surface area contributed by atoms with E-state index in [-0.39, 0.29) is 24.0 Å². The second-order valence-electron chi connectivity index (χ2n) is 6.51. The maximum atomic E-state index is 12.5. The van der Waals surface area contributed by atoms with Gasteiger partial charge in [0, 0.05) is 12.8 Å². The number of carbonyl (C=O) groups excluding carboxylic acids is 2. The molecule has 0 radical (unpaired) electrons. The molecule has 0 saturated heterocycles. The molecule has 1 rings (SSSR count). The van der Waals surface area contributed by atoms with Gasteiger partial charge in [0.15, 0.2) is 0 Å². The van der Waals surface area contributed by atoms with Crippen molar-refractivity contribution in [3.05, 3.63) is 35.4 Å². The van der Waals surface area contributed by atoms with Gasteiger partial charge in [-0.3, -0.25) is 0 Å². The van der Waals surface area contributed by atoms with Gasteiger partial charge in [-0.25, -0.2) is 9.59 Å². The Morgan fingerprint density at radius 3 is 1.43 bits per heavy atom. The van der Waals surface area contributed by atoms with Gasteiger partial charge in [-0.15, -0.1) is 0 Å². The van der Waals surface area contributed by atoms with Crippen molar-refractivity contribution < 1.29 is 19.1 Å². The maximum absolute atomic E-state index is 12.5. The minimum absolute atomic E-state index is 0.0219. The van der Waals surface area contributed by atoms with E-state index in [0.717, 1.165) is 25.7 Å². The van der Waals surface area contributed by atoms with Gasteiger partial charge in [-0.05, 0) is 25.0 Å². The lowest BCUT2D eigenvalue weighted by atomic mass is 10.1. The number of hydrogen-bond donors (Lipinski definition) is 0. The van der Waals surface area contributed by atoms with Gasteiger partial charge in [0.05, 0.1) is 11.1 Å². The predicted octanol–water partition coefficient (Wildman–Crippen LogP) is 7.42. The first-order valence-corrected chi connectivity index (χ1v) is 10.9. The quantitative estimate of drug-likeness (QED) is 0.181. The third-order valence-corrected chi connectivity index (χ3v) is 5.06. The first-order valence-electron chi connectivity index (χ1n) is 9.43. The monoisotopic (exact) mass is 470 g/mol. The summed E-state index contributed by atoms with van der Waals surface area (Å²) in [6, 6.07) is 6.03. The zero-order valence-electron chi connectivity index (χ0n) is 16.1. The molecule has 0 aromatic heterocycles. The fourth-order valence-electron chi connectivity index (χ4n) is 2.48. The Hall–Kier alpha value is -0.680. The average molecular weight is 472 g/mol. The van der Waals surface area contributed by atoms with E-state index in [0.29, 0.717) is 12.8 Å². The summed E-state index contributed by atoms with van der Waals surface area (Å²) in [5.41, 5.74) is -0.0438. The Balaban J connectivity index is 2.85. The Labute approximate surface area is 186 Å². The molecule has 1 aromatic carbocycles. The van der Waals surface area contributed by atoms with Crippen molar-refractivity contribution in [3.63, 3.8) is 0 Å². The van der Waals surface area contributed by atoms with Gasteiger partial charge >= 0.3 is 11.9 Å². The van der Waals surface area contributed by atoms with Crippen LogP contribution in [-0.4, -0.2) is 21.0 Å². The van der Waals surface area contributed by atoms with E-state index in [9.17, 15) is 9.59 Å². The molecule has 0 bridgehead atoms. The topological polar surface area (TPSA) is 52.6 Å². The second kappa shape index (κ2) is 12.1. The Morgan fingerprint density at radius 2 is 1.11 bits per heavy atom. The van der Waals surface area contributed by atoms with E-state index in [4.69, 9.17) is 55.9 Å². The highest BCUT2D eigenvalue weighted by molar-refractivity contribution is 6.48. The van der Waals surface area contributed by atoms with Crippen LogP contribution in [0.1, 0.15) is 85.9 Å². The molecule has 0 aliphatic rings. The smallest absolute Gasteiger partial charge is 0.341 e. The number of alkyl halides is 4. The van der Waals surface area contributed by atoms with Crippen molar-refractivity contribution >= 4 is 58.3 Å². The molecule has 4 nitrogen and oxygen atoms in total. The Morgan fingerprint density at radius 1 is 0.750 bits per heavy atom. The molecule has 0 atom stereocenters. The van der Waals surface area contributed by atoms with Gasteiger partial charge < -0.3 is 9.47 Å². The standard InChI is InChI=1S/C20H26Cl4O4/c1-3-5-9-13-19(21,22)27-17(25)15-11-7-8-12-16(15)18(26)28-20(23,24)14-10-6-4-2/h7-8,11-12H,3-6,9-10,13-14H2,1-2H3. The molecule has 0 amide bonds. The van der Waals surface area contributed by atoms with Crippen molar-refractivity contribution in [2.45, 2.75) is 74.3 Å². The fourth-order valence-corrected chi connectivity index (χ4v) is 3.30. The summed E-state index contributed by atoms with van der Waals surface area (Å²) < 4.78 is 7.03. The Kier molecular flexibility index (Phi) is 11.0. The summed E-state index contributed by atoms with van der Waals surface area (Å²) in [5, 5.41) is 0. The van der Waals surface area contributed by atoms with Crippen LogP contribution in [0.4, 0.5) is 0 Å². The first-order chi connectivity index (χ1) is 13.1. The molecule has 1 aromatic rings. The molecular formula is C20H26Cl4O4. The van der Waals surface area contributed by atoms with Gasteiger partial charge in [-0.1, -0.05) is 98.1 Å². The lowest BCUT2D eigenvalue weighted by Gasteiger charge is -2.22. The highest BCUT2D eigenvalue weighted by atomic mass is 35.5. The lowest BCUT2D eigenvalue weighted by molar-refractivity contribution is 0.0305.